The molecule has 2 aromatic heterocycles. The first-order valence-corrected chi connectivity index (χ1v) is 5.92. The molecule has 3 rings (SSSR count). The van der Waals surface area contributed by atoms with E-state index in [2.05, 4.69) is 10.1 Å². The predicted molar refractivity (Wildman–Crippen MR) is 60.1 cm³/mol. The van der Waals surface area contributed by atoms with Crippen LogP contribution in [0.25, 0.3) is 5.65 Å². The normalized spacial score (nSPS) is 16.0. The lowest BCUT2D eigenvalue weighted by atomic mass is 10.2. The summed E-state index contributed by atoms with van der Waals surface area (Å²) in [6, 6.07) is 2.15. The summed E-state index contributed by atoms with van der Waals surface area (Å²) in [6.45, 7) is 0. The Labute approximate surface area is 110 Å². The molecule has 100 valence electrons. The summed E-state index contributed by atoms with van der Waals surface area (Å²) in [5.74, 6) is 0.0659. The van der Waals surface area contributed by atoms with Crippen LogP contribution in [0.4, 0.5) is 13.2 Å². The number of aromatic nitrogens is 3. The lowest BCUT2D eigenvalue weighted by Gasteiger charge is -2.10. The highest BCUT2D eigenvalue weighted by atomic mass is 35.5. The Morgan fingerprint density at radius 3 is 2.58 bits per heavy atom. The first kappa shape index (κ1) is 12.4. The number of fused-ring (bicyclic) bond motifs is 1. The van der Waals surface area contributed by atoms with Crippen LogP contribution >= 0.6 is 11.6 Å². The largest absolute Gasteiger partial charge is 0.433 e. The van der Waals surface area contributed by atoms with Crippen molar-refractivity contribution in [1.29, 1.82) is 0 Å². The van der Waals surface area contributed by atoms with Gasteiger partial charge in [0, 0.05) is 17.7 Å². The van der Waals surface area contributed by atoms with Crippen molar-refractivity contribution in [3.63, 3.8) is 0 Å². The van der Waals surface area contributed by atoms with Gasteiger partial charge in [-0.1, -0.05) is 0 Å². The van der Waals surface area contributed by atoms with Crippen molar-refractivity contribution in [2.75, 3.05) is 0 Å². The Kier molecular flexibility index (Phi) is 2.57. The van der Waals surface area contributed by atoms with Crippen molar-refractivity contribution in [2.45, 2.75) is 24.9 Å². The van der Waals surface area contributed by atoms with Gasteiger partial charge in [0.1, 0.15) is 11.4 Å². The van der Waals surface area contributed by atoms with Crippen LogP contribution in [0.5, 0.6) is 0 Å². The minimum atomic E-state index is -4.57. The van der Waals surface area contributed by atoms with Gasteiger partial charge in [-0.3, -0.25) is 4.79 Å². The highest BCUT2D eigenvalue weighted by Crippen LogP contribution is 2.41. The zero-order valence-corrected chi connectivity index (χ0v) is 10.2. The van der Waals surface area contributed by atoms with Crippen LogP contribution < -0.4 is 0 Å². The average molecular weight is 290 g/mol. The van der Waals surface area contributed by atoms with Gasteiger partial charge >= 0.3 is 6.18 Å². The van der Waals surface area contributed by atoms with Crippen LogP contribution in [-0.2, 0) is 6.18 Å². The van der Waals surface area contributed by atoms with Gasteiger partial charge in [-0.25, -0.2) is 9.50 Å². The summed E-state index contributed by atoms with van der Waals surface area (Å²) >= 11 is 5.23. The van der Waals surface area contributed by atoms with Gasteiger partial charge in [-0.05, 0) is 30.5 Å². The molecule has 0 unspecified atom stereocenters. The molecule has 4 nitrogen and oxygen atoms in total. The van der Waals surface area contributed by atoms with Gasteiger partial charge in [0.2, 0.25) is 0 Å². The van der Waals surface area contributed by atoms with E-state index in [0.29, 0.717) is 10.2 Å². The molecule has 0 atom stereocenters. The number of hydrogen-bond donors (Lipinski definition) is 0. The highest BCUT2D eigenvalue weighted by molar-refractivity contribution is 6.67. The maximum Gasteiger partial charge on any atom is 0.433 e. The van der Waals surface area contributed by atoms with E-state index < -0.39 is 17.1 Å². The molecule has 0 spiro atoms. The predicted octanol–water partition coefficient (Wildman–Crippen LogP) is 3.00. The first-order chi connectivity index (χ1) is 8.86. The highest BCUT2D eigenvalue weighted by Gasteiger charge is 2.37. The van der Waals surface area contributed by atoms with Gasteiger partial charge in [-0.2, -0.15) is 18.3 Å². The second-order valence-corrected chi connectivity index (χ2v) is 4.75. The third-order valence-electron chi connectivity index (χ3n) is 2.93. The molecule has 0 aromatic carbocycles. The minimum Gasteiger partial charge on any atom is -0.274 e. The van der Waals surface area contributed by atoms with Crippen molar-refractivity contribution in [3.8, 4) is 0 Å². The molecule has 0 amide bonds. The van der Waals surface area contributed by atoms with Crippen molar-refractivity contribution in [3.05, 3.63) is 29.2 Å². The summed E-state index contributed by atoms with van der Waals surface area (Å²) in [7, 11) is 0. The molecule has 1 aliphatic rings. The maximum absolute atomic E-state index is 13.0. The summed E-state index contributed by atoms with van der Waals surface area (Å²) in [5, 5.41) is 2.64. The molecule has 0 aliphatic heterocycles. The van der Waals surface area contributed by atoms with Crippen LogP contribution in [0, 0.1) is 0 Å². The van der Waals surface area contributed by atoms with E-state index in [1.54, 1.807) is 0 Å². The Morgan fingerprint density at radius 2 is 2.05 bits per heavy atom. The number of nitrogens with zero attached hydrogens (tertiary/aromatic N) is 3. The van der Waals surface area contributed by atoms with Crippen molar-refractivity contribution in [2.24, 2.45) is 0 Å². The van der Waals surface area contributed by atoms with Crippen molar-refractivity contribution >= 4 is 22.5 Å². The number of halogens is 4. The summed E-state index contributed by atoms with van der Waals surface area (Å²) in [4.78, 5) is 15.1. The minimum absolute atomic E-state index is 0.0132. The molecule has 19 heavy (non-hydrogen) atoms. The fraction of sp³-hybridized carbons (Fsp3) is 0.364. The zero-order chi connectivity index (χ0) is 13.8. The molecule has 0 N–H and O–H groups in total. The number of carbonyl (C=O) groups excluding carboxylic acids is 1. The fourth-order valence-electron chi connectivity index (χ4n) is 1.88. The zero-order valence-electron chi connectivity index (χ0n) is 9.41. The lowest BCUT2D eigenvalue weighted by Crippen LogP contribution is -2.14. The van der Waals surface area contributed by atoms with Crippen LogP contribution in [0.3, 0.4) is 0 Å². The van der Waals surface area contributed by atoms with Gasteiger partial charge in [0.25, 0.3) is 5.24 Å². The molecule has 1 aliphatic carbocycles. The van der Waals surface area contributed by atoms with Gasteiger partial charge < -0.3 is 0 Å². The van der Waals surface area contributed by atoms with E-state index in [-0.39, 0.29) is 17.3 Å². The Bertz CT molecular complexity index is 676. The van der Waals surface area contributed by atoms with E-state index in [0.717, 1.165) is 25.0 Å². The third kappa shape index (κ3) is 2.18. The molecule has 2 aromatic rings. The topological polar surface area (TPSA) is 47.3 Å². The first-order valence-electron chi connectivity index (χ1n) is 5.54. The Balaban J connectivity index is 2.27. The van der Waals surface area contributed by atoms with Gasteiger partial charge in [0.15, 0.2) is 5.65 Å². The molecular weight excluding hydrogens is 283 g/mol. The van der Waals surface area contributed by atoms with E-state index in [1.165, 1.54) is 0 Å². The average Bonchev–Trinajstić information content (AvgIpc) is 3.05. The van der Waals surface area contributed by atoms with Gasteiger partial charge in [-0.15, -0.1) is 0 Å². The van der Waals surface area contributed by atoms with Crippen molar-refractivity contribution < 1.29 is 18.0 Å². The van der Waals surface area contributed by atoms with Gasteiger partial charge in [0.05, 0.1) is 0 Å². The van der Waals surface area contributed by atoms with Crippen molar-refractivity contribution in [1.82, 2.24) is 14.6 Å². The van der Waals surface area contributed by atoms with E-state index in [4.69, 9.17) is 11.6 Å². The van der Waals surface area contributed by atoms with E-state index in [1.807, 2.05) is 0 Å². The number of carbonyl (C=O) groups is 1. The second-order valence-electron chi connectivity index (χ2n) is 4.41. The standard InChI is InChI=1S/C11H7ClF3N3O/c12-10(19)7-4-9-16-6(5-1-2-5)3-8(11(13,14)15)18(9)17-7/h3-5H,1-2H2. The van der Waals surface area contributed by atoms with Crippen LogP contribution in [0.1, 0.15) is 40.6 Å². The molecule has 2 heterocycles. The van der Waals surface area contributed by atoms with Crippen LogP contribution in [-0.4, -0.2) is 19.8 Å². The quantitative estimate of drug-likeness (QED) is 0.799. The van der Waals surface area contributed by atoms with Crippen LogP contribution in [0.2, 0.25) is 0 Å². The molecule has 1 saturated carbocycles. The lowest BCUT2D eigenvalue weighted by molar-refractivity contribution is -0.142. The van der Waals surface area contributed by atoms with E-state index >= 15 is 0 Å². The molecule has 8 heteroatoms. The molecular formula is C11H7ClF3N3O. The number of alkyl halides is 3. The third-order valence-corrected chi connectivity index (χ3v) is 3.13. The number of hydrogen-bond acceptors (Lipinski definition) is 3. The summed E-state index contributed by atoms with van der Waals surface area (Å²) < 4.78 is 39.6. The monoisotopic (exact) mass is 289 g/mol. The molecule has 1 fully saturated rings. The molecule has 0 radical (unpaired) electrons. The fourth-order valence-corrected chi connectivity index (χ4v) is 1.97. The SMILES string of the molecule is O=C(Cl)c1cc2nc(C3CC3)cc(C(F)(F)F)n2n1. The maximum atomic E-state index is 13.0. The number of rotatable bonds is 2. The summed E-state index contributed by atoms with van der Waals surface area (Å²) in [6.07, 6.45) is -2.91. The van der Waals surface area contributed by atoms with Crippen LogP contribution in [0.15, 0.2) is 12.1 Å². The second kappa shape index (κ2) is 3.93. The molecule has 0 saturated heterocycles. The molecule has 0 bridgehead atoms. The Hall–Kier alpha value is -1.63. The van der Waals surface area contributed by atoms with E-state index in [9.17, 15) is 18.0 Å². The Morgan fingerprint density at radius 1 is 1.37 bits per heavy atom. The summed E-state index contributed by atoms with van der Waals surface area (Å²) in [5.41, 5.74) is -0.815. The smallest absolute Gasteiger partial charge is 0.274 e.